The van der Waals surface area contributed by atoms with E-state index in [1.165, 1.54) is 31.4 Å². The Morgan fingerprint density at radius 3 is 2.59 bits per heavy atom. The molecule has 1 unspecified atom stereocenters. The fourth-order valence-electron chi connectivity index (χ4n) is 4.32. The highest BCUT2D eigenvalue weighted by molar-refractivity contribution is 5.97. The Kier molecular flexibility index (Phi) is 5.16. The number of imidazole rings is 1. The molecule has 1 saturated carbocycles. The number of benzene rings is 1. The predicted molar refractivity (Wildman–Crippen MR) is 105 cm³/mol. The lowest BCUT2D eigenvalue weighted by Crippen LogP contribution is -2.55. The molecule has 144 valence electrons. The molecule has 0 radical (unpaired) electrons. The van der Waals surface area contributed by atoms with Gasteiger partial charge in [0.15, 0.2) is 0 Å². The van der Waals surface area contributed by atoms with E-state index in [1.807, 2.05) is 48.6 Å². The van der Waals surface area contributed by atoms with E-state index in [-0.39, 0.29) is 11.9 Å². The molecule has 2 fully saturated rings. The minimum atomic E-state index is -0.146. The maximum Gasteiger partial charge on any atom is 0.244 e. The lowest BCUT2D eigenvalue weighted by atomic mass is 10.1. The van der Waals surface area contributed by atoms with Gasteiger partial charge in [-0.25, -0.2) is 4.98 Å². The number of carbonyl (C=O) groups is 1. The van der Waals surface area contributed by atoms with Crippen molar-refractivity contribution in [2.24, 2.45) is 0 Å². The van der Waals surface area contributed by atoms with Gasteiger partial charge in [0.25, 0.3) is 0 Å². The van der Waals surface area contributed by atoms with Crippen LogP contribution < -0.4 is 9.64 Å². The van der Waals surface area contributed by atoms with Crippen LogP contribution in [0.1, 0.15) is 44.3 Å². The summed E-state index contributed by atoms with van der Waals surface area (Å²) in [5, 5.41) is 0. The standard InChI is InChI=1S/C21H28N4O2/c1-16-21(26)24(18-7-9-20(27-2)10-8-18)12-11-23(16)14-19-13-22-15-25(19)17-5-3-4-6-17/h7-10,13,15-17H,3-6,11-12,14H2,1-2H3. The number of ether oxygens (including phenoxy) is 1. The largest absolute Gasteiger partial charge is 0.497 e. The van der Waals surface area contributed by atoms with Gasteiger partial charge in [0.2, 0.25) is 5.91 Å². The molecular formula is C21H28N4O2. The summed E-state index contributed by atoms with van der Waals surface area (Å²) in [4.78, 5) is 21.5. The van der Waals surface area contributed by atoms with Gasteiger partial charge in [-0.15, -0.1) is 0 Å². The minimum absolute atomic E-state index is 0.146. The molecule has 0 bridgehead atoms. The number of methoxy groups -OCH3 is 1. The Labute approximate surface area is 160 Å². The van der Waals surface area contributed by atoms with E-state index in [9.17, 15) is 4.79 Å². The summed E-state index contributed by atoms with van der Waals surface area (Å²) >= 11 is 0. The van der Waals surface area contributed by atoms with Gasteiger partial charge in [-0.1, -0.05) is 12.8 Å². The summed E-state index contributed by atoms with van der Waals surface area (Å²) in [6, 6.07) is 8.14. The van der Waals surface area contributed by atoms with Crippen molar-refractivity contribution >= 4 is 11.6 Å². The van der Waals surface area contributed by atoms with Crippen molar-refractivity contribution < 1.29 is 9.53 Å². The van der Waals surface area contributed by atoms with Crippen LogP contribution in [0.2, 0.25) is 0 Å². The van der Waals surface area contributed by atoms with Crippen molar-refractivity contribution in [2.45, 2.75) is 51.2 Å². The van der Waals surface area contributed by atoms with Gasteiger partial charge in [-0.05, 0) is 44.0 Å². The van der Waals surface area contributed by atoms with Crippen molar-refractivity contribution in [1.29, 1.82) is 0 Å². The number of nitrogens with zero attached hydrogens (tertiary/aromatic N) is 4. The van der Waals surface area contributed by atoms with E-state index >= 15 is 0 Å². The minimum Gasteiger partial charge on any atom is -0.497 e. The van der Waals surface area contributed by atoms with Gasteiger partial charge in [0.05, 0.1) is 25.2 Å². The van der Waals surface area contributed by atoms with Gasteiger partial charge >= 0.3 is 0 Å². The zero-order valence-electron chi connectivity index (χ0n) is 16.2. The predicted octanol–water partition coefficient (Wildman–Crippen LogP) is 3.24. The van der Waals surface area contributed by atoms with Crippen molar-refractivity contribution in [3.63, 3.8) is 0 Å². The van der Waals surface area contributed by atoms with Crippen molar-refractivity contribution in [1.82, 2.24) is 14.5 Å². The number of piperazine rings is 1. The molecule has 0 spiro atoms. The zero-order valence-corrected chi connectivity index (χ0v) is 16.2. The second kappa shape index (κ2) is 7.72. The number of hydrogen-bond donors (Lipinski definition) is 0. The average Bonchev–Trinajstić information content (AvgIpc) is 3.37. The van der Waals surface area contributed by atoms with Crippen LogP contribution in [0.25, 0.3) is 0 Å². The Morgan fingerprint density at radius 1 is 1.15 bits per heavy atom. The van der Waals surface area contributed by atoms with Crippen LogP contribution in [0.15, 0.2) is 36.8 Å². The van der Waals surface area contributed by atoms with Gasteiger partial charge in [-0.3, -0.25) is 9.69 Å². The van der Waals surface area contributed by atoms with Crippen LogP contribution >= 0.6 is 0 Å². The summed E-state index contributed by atoms with van der Waals surface area (Å²) in [6.07, 6.45) is 9.01. The van der Waals surface area contributed by atoms with Crippen LogP contribution in [-0.4, -0.2) is 46.6 Å². The smallest absolute Gasteiger partial charge is 0.244 e. The lowest BCUT2D eigenvalue weighted by molar-refractivity contribution is -0.125. The van der Waals surface area contributed by atoms with Crippen molar-refractivity contribution in [2.75, 3.05) is 25.1 Å². The second-order valence-corrected chi connectivity index (χ2v) is 7.56. The molecule has 0 N–H and O–H groups in total. The van der Waals surface area contributed by atoms with Crippen molar-refractivity contribution in [3.05, 3.63) is 42.5 Å². The van der Waals surface area contributed by atoms with Gasteiger partial charge in [-0.2, -0.15) is 0 Å². The fraction of sp³-hybridized carbons (Fsp3) is 0.524. The third-order valence-electron chi connectivity index (χ3n) is 6.00. The molecule has 2 aromatic rings. The third kappa shape index (κ3) is 3.58. The normalized spacial score (nSPS) is 21.8. The van der Waals surface area contributed by atoms with Crippen molar-refractivity contribution in [3.8, 4) is 5.75 Å². The molecule has 6 nitrogen and oxygen atoms in total. The maximum atomic E-state index is 13.0. The highest BCUT2D eigenvalue weighted by Crippen LogP contribution is 2.31. The first-order valence-corrected chi connectivity index (χ1v) is 9.87. The molecule has 1 aromatic carbocycles. The summed E-state index contributed by atoms with van der Waals surface area (Å²) in [5.74, 6) is 0.955. The quantitative estimate of drug-likeness (QED) is 0.813. The molecule has 1 amide bonds. The number of amides is 1. The molecule has 6 heteroatoms. The average molecular weight is 368 g/mol. The van der Waals surface area contributed by atoms with Crippen LogP contribution in [0.4, 0.5) is 5.69 Å². The Balaban J connectivity index is 1.45. The molecule has 1 atom stereocenters. The second-order valence-electron chi connectivity index (χ2n) is 7.56. The monoisotopic (exact) mass is 368 g/mol. The van der Waals surface area contributed by atoms with E-state index in [1.54, 1.807) is 7.11 Å². The van der Waals surface area contributed by atoms with Crippen LogP contribution in [0.5, 0.6) is 5.75 Å². The van der Waals surface area contributed by atoms with Crippen LogP contribution in [0.3, 0.4) is 0 Å². The molecule has 4 rings (SSSR count). The van der Waals surface area contributed by atoms with E-state index in [0.29, 0.717) is 12.6 Å². The molecule has 27 heavy (non-hydrogen) atoms. The van der Waals surface area contributed by atoms with E-state index in [0.717, 1.165) is 24.5 Å². The fourth-order valence-corrected chi connectivity index (χ4v) is 4.32. The first kappa shape index (κ1) is 18.0. The van der Waals surface area contributed by atoms with Crippen LogP contribution in [-0.2, 0) is 11.3 Å². The Bertz CT molecular complexity index is 780. The van der Waals surface area contributed by atoms with Gasteiger partial charge in [0, 0.05) is 37.6 Å². The van der Waals surface area contributed by atoms with E-state index in [4.69, 9.17) is 4.74 Å². The first-order valence-electron chi connectivity index (χ1n) is 9.87. The number of carbonyl (C=O) groups excluding carboxylic acids is 1. The highest BCUT2D eigenvalue weighted by atomic mass is 16.5. The number of hydrogen-bond acceptors (Lipinski definition) is 4. The third-order valence-corrected chi connectivity index (χ3v) is 6.00. The first-order chi connectivity index (χ1) is 13.2. The van der Waals surface area contributed by atoms with Gasteiger partial charge in [0.1, 0.15) is 5.75 Å². The summed E-state index contributed by atoms with van der Waals surface area (Å²) in [7, 11) is 1.65. The van der Waals surface area contributed by atoms with Crippen LogP contribution in [0, 0.1) is 0 Å². The van der Waals surface area contributed by atoms with E-state index < -0.39 is 0 Å². The summed E-state index contributed by atoms with van der Waals surface area (Å²) in [6.45, 7) is 4.34. The number of rotatable bonds is 5. The van der Waals surface area contributed by atoms with Gasteiger partial charge < -0.3 is 14.2 Å². The highest BCUT2D eigenvalue weighted by Gasteiger charge is 2.33. The molecule has 2 aliphatic rings. The zero-order chi connectivity index (χ0) is 18.8. The molecule has 1 aromatic heterocycles. The number of anilines is 1. The van der Waals surface area contributed by atoms with E-state index in [2.05, 4.69) is 14.5 Å². The SMILES string of the molecule is COc1ccc(N2CCN(Cc3cncn3C3CCCC3)C(C)C2=O)cc1. The molecule has 1 aliphatic heterocycles. The molecule has 2 heterocycles. The Hall–Kier alpha value is -2.34. The molecule has 1 saturated heterocycles. The summed E-state index contributed by atoms with van der Waals surface area (Å²) < 4.78 is 7.55. The molecule has 1 aliphatic carbocycles. The molecular weight excluding hydrogens is 340 g/mol. The summed E-state index contributed by atoms with van der Waals surface area (Å²) in [5.41, 5.74) is 2.16. The maximum absolute atomic E-state index is 13.0. The lowest BCUT2D eigenvalue weighted by Gasteiger charge is -2.39. The topological polar surface area (TPSA) is 50.6 Å². The Morgan fingerprint density at radius 2 is 1.89 bits per heavy atom. The number of aromatic nitrogens is 2.